The van der Waals surface area contributed by atoms with Gasteiger partial charge in [-0.25, -0.2) is 0 Å². The van der Waals surface area contributed by atoms with Crippen LogP contribution in [0, 0.1) is 34.5 Å². The Bertz CT molecular complexity index is 652. The molecule has 4 rings (SSSR count). The lowest BCUT2D eigenvalue weighted by molar-refractivity contribution is -0.152. The number of hydrogen-bond donors (Lipinski definition) is 2. The summed E-state index contributed by atoms with van der Waals surface area (Å²) >= 11 is 0. The summed E-state index contributed by atoms with van der Waals surface area (Å²) in [5, 5.41) is 22.0. The van der Waals surface area contributed by atoms with Gasteiger partial charge in [-0.3, -0.25) is 9.59 Å². The molecular weight excluding hydrogens is 316 g/mol. The lowest BCUT2D eigenvalue weighted by Gasteiger charge is -2.60. The molecular formula is C21H30O4. The number of aliphatic hydroxyl groups is 2. The molecule has 138 valence electrons. The van der Waals surface area contributed by atoms with Crippen molar-refractivity contribution >= 4 is 11.6 Å². The van der Waals surface area contributed by atoms with Crippen molar-refractivity contribution in [3.8, 4) is 0 Å². The zero-order valence-corrected chi connectivity index (χ0v) is 15.5. The first kappa shape index (κ1) is 17.4. The monoisotopic (exact) mass is 346 g/mol. The number of Topliss-reactive ketones (excluding diaryl/α,β-unsaturated/α-hetero) is 1. The molecule has 2 N–H and O–H groups in total. The maximum atomic E-state index is 12.2. The van der Waals surface area contributed by atoms with Crippen LogP contribution < -0.4 is 0 Å². The molecule has 1 unspecified atom stereocenters. The summed E-state index contributed by atoms with van der Waals surface area (Å²) in [6.45, 7) is 6.00. The lowest BCUT2D eigenvalue weighted by Crippen LogP contribution is -2.59. The SMILES string of the molecule is CC(=O)[C@H]1CC[C@H]2[C@@H]3C[C@@H](O)C4=CC(=O)CC[C@]4(C)C3[C@H](O)C[C@]12C. The van der Waals surface area contributed by atoms with Gasteiger partial charge in [-0.2, -0.15) is 0 Å². The molecule has 0 spiro atoms. The van der Waals surface area contributed by atoms with Gasteiger partial charge in [0.25, 0.3) is 0 Å². The van der Waals surface area contributed by atoms with Gasteiger partial charge in [0.2, 0.25) is 0 Å². The Labute approximate surface area is 149 Å². The zero-order valence-electron chi connectivity index (χ0n) is 15.5. The Kier molecular flexibility index (Phi) is 3.83. The van der Waals surface area contributed by atoms with E-state index < -0.39 is 12.2 Å². The predicted molar refractivity (Wildman–Crippen MR) is 93.7 cm³/mol. The first-order valence-electron chi connectivity index (χ1n) is 9.80. The number of carbonyl (C=O) groups excluding carboxylic acids is 2. The number of rotatable bonds is 1. The summed E-state index contributed by atoms with van der Waals surface area (Å²) in [6, 6.07) is 0. The Morgan fingerprint density at radius 3 is 2.64 bits per heavy atom. The van der Waals surface area contributed by atoms with E-state index in [1.54, 1.807) is 13.0 Å². The molecule has 0 aromatic heterocycles. The van der Waals surface area contributed by atoms with E-state index >= 15 is 0 Å². The third-order valence-electron chi connectivity index (χ3n) is 8.40. The molecule has 0 aromatic rings. The Hall–Kier alpha value is -1.00. The Morgan fingerprint density at radius 1 is 1.24 bits per heavy atom. The van der Waals surface area contributed by atoms with Gasteiger partial charge in [0, 0.05) is 12.3 Å². The summed E-state index contributed by atoms with van der Waals surface area (Å²) in [7, 11) is 0. The molecule has 0 heterocycles. The van der Waals surface area contributed by atoms with Crippen LogP contribution in [0.5, 0.6) is 0 Å². The molecule has 3 saturated carbocycles. The highest BCUT2D eigenvalue weighted by Gasteiger charge is 2.63. The standard InChI is InChI=1S/C21H30O4/c1-11(22)14-4-5-15-13-9-17(24)16-8-12(23)6-7-20(16,2)19(13)18(25)10-21(14,15)3/h8,13-15,17-19,24-25H,4-7,9-10H2,1-3H3/t13-,14+,15-,17+,18+,19?,20-,21+/m0/s1. The number of fused-ring (bicyclic) bond motifs is 5. The van der Waals surface area contributed by atoms with E-state index in [4.69, 9.17) is 0 Å². The van der Waals surface area contributed by atoms with Gasteiger partial charge in [-0.15, -0.1) is 0 Å². The Morgan fingerprint density at radius 2 is 1.96 bits per heavy atom. The average molecular weight is 346 g/mol. The molecule has 4 heteroatoms. The van der Waals surface area contributed by atoms with Crippen molar-refractivity contribution in [2.24, 2.45) is 34.5 Å². The fourth-order valence-corrected chi connectivity index (χ4v) is 7.41. The summed E-state index contributed by atoms with van der Waals surface area (Å²) in [4.78, 5) is 24.1. The summed E-state index contributed by atoms with van der Waals surface area (Å²) in [6.07, 6.45) is 4.99. The van der Waals surface area contributed by atoms with E-state index in [1.165, 1.54) is 0 Å². The second-order valence-electron chi connectivity index (χ2n) is 9.55. The molecule has 4 aliphatic carbocycles. The van der Waals surface area contributed by atoms with Gasteiger partial charge in [0.1, 0.15) is 5.78 Å². The summed E-state index contributed by atoms with van der Waals surface area (Å²) < 4.78 is 0. The molecule has 0 aliphatic heterocycles. The van der Waals surface area contributed by atoms with Crippen LogP contribution in [0.15, 0.2) is 11.6 Å². The second-order valence-corrected chi connectivity index (χ2v) is 9.55. The average Bonchev–Trinajstić information content (AvgIpc) is 2.85. The molecule has 4 aliphatic rings. The van der Waals surface area contributed by atoms with Gasteiger partial charge >= 0.3 is 0 Å². The minimum Gasteiger partial charge on any atom is -0.393 e. The van der Waals surface area contributed by atoms with Gasteiger partial charge in [0.05, 0.1) is 12.2 Å². The molecule has 8 atom stereocenters. The minimum atomic E-state index is -0.596. The van der Waals surface area contributed by atoms with Crippen LogP contribution in [0.25, 0.3) is 0 Å². The molecule has 3 fully saturated rings. The van der Waals surface area contributed by atoms with Gasteiger partial charge in [-0.05, 0) is 79.3 Å². The van der Waals surface area contributed by atoms with Crippen molar-refractivity contribution in [1.29, 1.82) is 0 Å². The molecule has 0 bridgehead atoms. The maximum Gasteiger partial charge on any atom is 0.155 e. The summed E-state index contributed by atoms with van der Waals surface area (Å²) in [5.74, 6) is 1.05. The molecule has 0 amide bonds. The van der Waals surface area contributed by atoms with Crippen LogP contribution in [0.3, 0.4) is 0 Å². The highest BCUT2D eigenvalue weighted by atomic mass is 16.3. The van der Waals surface area contributed by atoms with E-state index in [0.29, 0.717) is 31.6 Å². The topological polar surface area (TPSA) is 74.6 Å². The van der Waals surface area contributed by atoms with Crippen molar-refractivity contribution < 1.29 is 19.8 Å². The number of hydrogen-bond acceptors (Lipinski definition) is 4. The number of carbonyl (C=O) groups is 2. The molecule has 25 heavy (non-hydrogen) atoms. The van der Waals surface area contributed by atoms with Gasteiger partial charge in [-0.1, -0.05) is 13.8 Å². The van der Waals surface area contributed by atoms with Crippen molar-refractivity contribution in [1.82, 2.24) is 0 Å². The highest BCUT2D eigenvalue weighted by molar-refractivity contribution is 5.92. The van der Waals surface area contributed by atoms with Crippen LogP contribution >= 0.6 is 0 Å². The lowest BCUT2D eigenvalue weighted by atomic mass is 9.45. The molecule has 0 radical (unpaired) electrons. The van der Waals surface area contributed by atoms with Crippen LogP contribution in [0.1, 0.15) is 59.3 Å². The van der Waals surface area contributed by atoms with Crippen LogP contribution in [0.2, 0.25) is 0 Å². The molecule has 0 aromatic carbocycles. The van der Waals surface area contributed by atoms with Crippen molar-refractivity contribution in [3.63, 3.8) is 0 Å². The van der Waals surface area contributed by atoms with E-state index in [-0.39, 0.29) is 40.2 Å². The Balaban J connectivity index is 1.76. The third-order valence-corrected chi connectivity index (χ3v) is 8.40. The fraction of sp³-hybridized carbons (Fsp3) is 0.810. The molecule has 4 nitrogen and oxygen atoms in total. The van der Waals surface area contributed by atoms with Crippen molar-refractivity contribution in [3.05, 3.63) is 11.6 Å². The van der Waals surface area contributed by atoms with Crippen molar-refractivity contribution in [2.75, 3.05) is 0 Å². The maximum absolute atomic E-state index is 12.2. The van der Waals surface area contributed by atoms with E-state index in [0.717, 1.165) is 18.4 Å². The van der Waals surface area contributed by atoms with Crippen LogP contribution in [-0.4, -0.2) is 34.0 Å². The van der Waals surface area contributed by atoms with E-state index in [1.807, 2.05) is 0 Å². The van der Waals surface area contributed by atoms with E-state index in [2.05, 4.69) is 13.8 Å². The largest absolute Gasteiger partial charge is 0.393 e. The van der Waals surface area contributed by atoms with Crippen molar-refractivity contribution in [2.45, 2.75) is 71.5 Å². The molecule has 0 saturated heterocycles. The predicted octanol–water partition coefficient (Wildman–Crippen LogP) is 2.67. The van der Waals surface area contributed by atoms with Gasteiger partial charge in [0.15, 0.2) is 5.78 Å². The second kappa shape index (κ2) is 5.50. The van der Waals surface area contributed by atoms with Gasteiger partial charge < -0.3 is 10.2 Å². The smallest absolute Gasteiger partial charge is 0.155 e. The first-order chi connectivity index (χ1) is 11.7. The number of ketones is 2. The number of aliphatic hydroxyl groups excluding tert-OH is 2. The first-order valence-corrected chi connectivity index (χ1v) is 9.80. The van der Waals surface area contributed by atoms with Crippen LogP contribution in [0.4, 0.5) is 0 Å². The third kappa shape index (κ3) is 2.26. The summed E-state index contributed by atoms with van der Waals surface area (Å²) in [5.41, 5.74) is 0.383. The fourth-order valence-electron chi connectivity index (χ4n) is 7.41. The zero-order chi connectivity index (χ0) is 18.1. The van der Waals surface area contributed by atoms with E-state index in [9.17, 15) is 19.8 Å². The van der Waals surface area contributed by atoms with Crippen LogP contribution in [-0.2, 0) is 9.59 Å². The highest BCUT2D eigenvalue weighted by Crippen LogP contribution is 2.66. The minimum absolute atomic E-state index is 0.0305. The normalized spacial score (nSPS) is 52.0. The quantitative estimate of drug-likeness (QED) is 0.765.